The lowest BCUT2D eigenvalue weighted by atomic mass is 10.2. The molecule has 1 N–H and O–H groups in total. The summed E-state index contributed by atoms with van der Waals surface area (Å²) < 4.78 is 10.5. The van der Waals surface area contributed by atoms with Crippen molar-refractivity contribution in [3.8, 4) is 5.75 Å². The first-order valence-corrected chi connectivity index (χ1v) is 6.88. The lowest BCUT2D eigenvalue weighted by Crippen LogP contribution is -2.22. The fourth-order valence-corrected chi connectivity index (χ4v) is 1.58. The highest BCUT2D eigenvalue weighted by Gasteiger charge is 2.06. The van der Waals surface area contributed by atoms with Gasteiger partial charge in [0, 0.05) is 6.54 Å². The Labute approximate surface area is 127 Å². The molecule has 0 saturated heterocycles. The third-order valence-electron chi connectivity index (χ3n) is 2.62. The number of carbonyl (C=O) groups excluding carboxylic acids is 1. The van der Waals surface area contributed by atoms with Crippen LogP contribution in [0.1, 0.15) is 37.0 Å². The Hall–Kier alpha value is -1.26. The Kier molecular flexibility index (Phi) is 10.8. The summed E-state index contributed by atoms with van der Waals surface area (Å²) in [6.45, 7) is 6.75. The van der Waals surface area contributed by atoms with Crippen molar-refractivity contribution in [2.75, 3.05) is 26.3 Å². The van der Waals surface area contributed by atoms with Gasteiger partial charge in [-0.1, -0.05) is 13.3 Å². The van der Waals surface area contributed by atoms with Crippen LogP contribution in [0.4, 0.5) is 0 Å². The maximum atomic E-state index is 11.7. The molecule has 0 fully saturated rings. The molecule has 0 atom stereocenters. The molecule has 0 aliphatic carbocycles. The molecule has 5 heteroatoms. The lowest BCUT2D eigenvalue weighted by molar-refractivity contribution is 0.0508. The third-order valence-corrected chi connectivity index (χ3v) is 2.62. The summed E-state index contributed by atoms with van der Waals surface area (Å²) in [6, 6.07) is 6.99. The van der Waals surface area contributed by atoms with Crippen LogP contribution in [0.25, 0.3) is 0 Å². The molecule has 0 aromatic heterocycles. The molecule has 114 valence electrons. The minimum atomic E-state index is -0.291. The van der Waals surface area contributed by atoms with E-state index < -0.39 is 0 Å². The number of hydrogen-bond donors (Lipinski definition) is 1. The monoisotopic (exact) mass is 301 g/mol. The van der Waals surface area contributed by atoms with Crippen molar-refractivity contribution >= 4 is 18.4 Å². The number of rotatable bonds is 9. The van der Waals surface area contributed by atoms with Gasteiger partial charge in [-0.15, -0.1) is 12.4 Å². The summed E-state index contributed by atoms with van der Waals surface area (Å²) in [5, 5.41) is 3.22. The van der Waals surface area contributed by atoms with E-state index in [9.17, 15) is 4.79 Å². The van der Waals surface area contributed by atoms with E-state index in [0.29, 0.717) is 25.3 Å². The van der Waals surface area contributed by atoms with Crippen LogP contribution in [0, 0.1) is 0 Å². The van der Waals surface area contributed by atoms with Gasteiger partial charge in [-0.3, -0.25) is 0 Å². The van der Waals surface area contributed by atoms with E-state index in [1.165, 1.54) is 6.42 Å². The van der Waals surface area contributed by atoms with Gasteiger partial charge in [-0.25, -0.2) is 4.79 Å². The largest absolute Gasteiger partial charge is 0.494 e. The van der Waals surface area contributed by atoms with E-state index in [-0.39, 0.29) is 18.4 Å². The zero-order valence-electron chi connectivity index (χ0n) is 12.2. The zero-order chi connectivity index (χ0) is 13.9. The van der Waals surface area contributed by atoms with Crippen molar-refractivity contribution in [3.05, 3.63) is 29.8 Å². The standard InChI is InChI=1S/C15H23NO3.ClH/c1-3-5-10-16-11-12-19-15(17)13-6-8-14(9-7-13)18-4-2;/h6-9,16H,3-5,10-12H2,1-2H3;1H. The Morgan fingerprint density at radius 2 is 1.85 bits per heavy atom. The quantitative estimate of drug-likeness (QED) is 0.562. The molecule has 1 aromatic carbocycles. The highest BCUT2D eigenvalue weighted by Crippen LogP contribution is 2.12. The second-order valence-electron chi connectivity index (χ2n) is 4.20. The third kappa shape index (κ3) is 7.36. The highest BCUT2D eigenvalue weighted by atomic mass is 35.5. The Balaban J connectivity index is 0.00000361. The first-order valence-electron chi connectivity index (χ1n) is 6.88. The number of carbonyl (C=O) groups is 1. The molecule has 0 radical (unpaired) electrons. The number of esters is 1. The van der Waals surface area contributed by atoms with E-state index in [1.807, 2.05) is 6.92 Å². The molecule has 4 nitrogen and oxygen atoms in total. The van der Waals surface area contributed by atoms with E-state index in [1.54, 1.807) is 24.3 Å². The number of hydrogen-bond acceptors (Lipinski definition) is 4. The van der Waals surface area contributed by atoms with Crippen LogP contribution in [0.15, 0.2) is 24.3 Å². The topological polar surface area (TPSA) is 47.6 Å². The number of nitrogens with one attached hydrogen (secondary N) is 1. The van der Waals surface area contributed by atoms with Gasteiger partial charge in [0.1, 0.15) is 12.4 Å². The number of unbranched alkanes of at least 4 members (excludes halogenated alkanes) is 1. The SMILES string of the molecule is CCCCNCCOC(=O)c1ccc(OCC)cc1.Cl. The summed E-state index contributed by atoms with van der Waals surface area (Å²) in [5.74, 6) is 0.473. The summed E-state index contributed by atoms with van der Waals surface area (Å²) in [7, 11) is 0. The fraction of sp³-hybridized carbons (Fsp3) is 0.533. The Morgan fingerprint density at radius 1 is 1.15 bits per heavy atom. The van der Waals surface area contributed by atoms with Crippen molar-refractivity contribution in [2.45, 2.75) is 26.7 Å². The first-order chi connectivity index (χ1) is 9.27. The van der Waals surface area contributed by atoms with E-state index in [0.717, 1.165) is 18.7 Å². The molecule has 0 unspecified atom stereocenters. The molecular weight excluding hydrogens is 278 g/mol. The molecular formula is C15H24ClNO3. The van der Waals surface area contributed by atoms with Gasteiger partial charge in [0.05, 0.1) is 12.2 Å². The predicted molar refractivity (Wildman–Crippen MR) is 82.9 cm³/mol. The van der Waals surface area contributed by atoms with Gasteiger partial charge in [-0.2, -0.15) is 0 Å². The van der Waals surface area contributed by atoms with Crippen molar-refractivity contribution in [2.24, 2.45) is 0 Å². The maximum Gasteiger partial charge on any atom is 0.338 e. The number of benzene rings is 1. The fourth-order valence-electron chi connectivity index (χ4n) is 1.58. The van der Waals surface area contributed by atoms with Crippen LogP contribution in [-0.4, -0.2) is 32.3 Å². The molecule has 0 aliphatic rings. The van der Waals surface area contributed by atoms with E-state index in [2.05, 4.69) is 12.2 Å². The van der Waals surface area contributed by atoms with Gasteiger partial charge in [0.25, 0.3) is 0 Å². The second kappa shape index (κ2) is 11.6. The lowest BCUT2D eigenvalue weighted by Gasteiger charge is -2.07. The molecule has 0 amide bonds. The second-order valence-corrected chi connectivity index (χ2v) is 4.20. The van der Waals surface area contributed by atoms with Crippen molar-refractivity contribution in [1.29, 1.82) is 0 Å². The van der Waals surface area contributed by atoms with Crippen LogP contribution >= 0.6 is 12.4 Å². The predicted octanol–water partition coefficient (Wildman–Crippen LogP) is 3.05. The van der Waals surface area contributed by atoms with Crippen molar-refractivity contribution in [3.63, 3.8) is 0 Å². The van der Waals surface area contributed by atoms with Gasteiger partial charge < -0.3 is 14.8 Å². The van der Waals surface area contributed by atoms with Gasteiger partial charge in [-0.05, 0) is 44.2 Å². The normalized spacial score (nSPS) is 9.70. The summed E-state index contributed by atoms with van der Waals surface area (Å²) in [5.41, 5.74) is 0.553. The minimum absolute atomic E-state index is 0. The highest BCUT2D eigenvalue weighted by molar-refractivity contribution is 5.89. The zero-order valence-corrected chi connectivity index (χ0v) is 13.0. The van der Waals surface area contributed by atoms with Crippen molar-refractivity contribution in [1.82, 2.24) is 5.32 Å². The van der Waals surface area contributed by atoms with Crippen molar-refractivity contribution < 1.29 is 14.3 Å². The summed E-state index contributed by atoms with van der Waals surface area (Å²) in [4.78, 5) is 11.7. The number of ether oxygens (including phenoxy) is 2. The molecule has 0 saturated carbocycles. The smallest absolute Gasteiger partial charge is 0.338 e. The van der Waals surface area contributed by atoms with Gasteiger partial charge in [0.15, 0.2) is 0 Å². The molecule has 20 heavy (non-hydrogen) atoms. The maximum absolute atomic E-state index is 11.7. The molecule has 0 heterocycles. The Bertz CT molecular complexity index is 368. The minimum Gasteiger partial charge on any atom is -0.494 e. The molecule has 0 spiro atoms. The van der Waals surface area contributed by atoms with Crippen LogP contribution < -0.4 is 10.1 Å². The van der Waals surface area contributed by atoms with Crippen LogP contribution in [0.5, 0.6) is 5.75 Å². The van der Waals surface area contributed by atoms with Gasteiger partial charge in [0.2, 0.25) is 0 Å². The average Bonchev–Trinajstić information content (AvgIpc) is 2.43. The molecule has 1 aromatic rings. The van der Waals surface area contributed by atoms with E-state index >= 15 is 0 Å². The number of halogens is 1. The van der Waals surface area contributed by atoms with Gasteiger partial charge >= 0.3 is 5.97 Å². The molecule has 1 rings (SSSR count). The summed E-state index contributed by atoms with van der Waals surface area (Å²) in [6.07, 6.45) is 2.31. The van der Waals surface area contributed by atoms with E-state index in [4.69, 9.17) is 9.47 Å². The average molecular weight is 302 g/mol. The molecule has 0 bridgehead atoms. The molecule has 0 aliphatic heterocycles. The Morgan fingerprint density at radius 3 is 2.45 bits per heavy atom. The first kappa shape index (κ1) is 18.7. The van der Waals surface area contributed by atoms with Crippen LogP contribution in [0.3, 0.4) is 0 Å². The summed E-state index contributed by atoms with van der Waals surface area (Å²) >= 11 is 0. The van der Waals surface area contributed by atoms with Crippen LogP contribution in [0.2, 0.25) is 0 Å². The van der Waals surface area contributed by atoms with Crippen LogP contribution in [-0.2, 0) is 4.74 Å².